The number of ketones is 1. The Bertz CT molecular complexity index is 440. The van der Waals surface area contributed by atoms with E-state index in [0.717, 1.165) is 31.2 Å². The van der Waals surface area contributed by atoms with Crippen LogP contribution in [0.3, 0.4) is 0 Å². The van der Waals surface area contributed by atoms with Crippen LogP contribution in [-0.4, -0.2) is 18.0 Å². The molecule has 0 aliphatic rings. The van der Waals surface area contributed by atoms with Crippen molar-refractivity contribution in [3.8, 4) is 11.5 Å². The summed E-state index contributed by atoms with van der Waals surface area (Å²) in [7, 11) is 1.54. The van der Waals surface area contributed by atoms with Crippen LogP contribution in [-0.2, 0) is 11.2 Å². The Morgan fingerprint density at radius 2 is 1.73 bits per heavy atom. The molecule has 0 saturated carbocycles. The number of ether oxygens (including phenoxy) is 1. The van der Waals surface area contributed by atoms with E-state index >= 15 is 0 Å². The smallest absolute Gasteiger partial charge is 0.160 e. The first kappa shape index (κ1) is 18.5. The summed E-state index contributed by atoms with van der Waals surface area (Å²) in [5, 5.41) is 9.54. The van der Waals surface area contributed by atoms with Crippen molar-refractivity contribution in [2.75, 3.05) is 7.11 Å². The fourth-order valence-corrected chi connectivity index (χ4v) is 2.59. The largest absolute Gasteiger partial charge is 0.504 e. The fourth-order valence-electron chi connectivity index (χ4n) is 2.59. The zero-order chi connectivity index (χ0) is 16.2. The first-order chi connectivity index (χ1) is 10.7. The number of carbonyl (C=O) groups excluding carboxylic acids is 1. The first-order valence-electron chi connectivity index (χ1n) is 8.55. The van der Waals surface area contributed by atoms with Crippen molar-refractivity contribution in [3.63, 3.8) is 0 Å². The molecular weight excluding hydrogens is 276 g/mol. The number of hydrogen-bond donors (Lipinski definition) is 1. The Hall–Kier alpha value is -1.51. The van der Waals surface area contributed by atoms with Crippen molar-refractivity contribution in [3.05, 3.63) is 23.8 Å². The van der Waals surface area contributed by atoms with Crippen molar-refractivity contribution in [1.82, 2.24) is 0 Å². The Kier molecular flexibility index (Phi) is 9.36. The van der Waals surface area contributed by atoms with Crippen LogP contribution in [0.1, 0.15) is 70.3 Å². The molecule has 0 unspecified atom stereocenters. The van der Waals surface area contributed by atoms with Crippen molar-refractivity contribution in [2.24, 2.45) is 0 Å². The minimum Gasteiger partial charge on any atom is -0.504 e. The lowest BCUT2D eigenvalue weighted by Crippen LogP contribution is -1.99. The van der Waals surface area contributed by atoms with E-state index in [-0.39, 0.29) is 5.75 Å². The molecule has 1 aromatic carbocycles. The van der Waals surface area contributed by atoms with Crippen molar-refractivity contribution in [2.45, 2.75) is 71.1 Å². The zero-order valence-corrected chi connectivity index (χ0v) is 14.1. The van der Waals surface area contributed by atoms with Gasteiger partial charge in [-0.15, -0.1) is 0 Å². The predicted octanol–water partition coefficient (Wildman–Crippen LogP) is 5.04. The van der Waals surface area contributed by atoms with Crippen LogP contribution in [0.5, 0.6) is 11.5 Å². The fraction of sp³-hybridized carbons (Fsp3) is 0.632. The van der Waals surface area contributed by atoms with Gasteiger partial charge in [0.2, 0.25) is 0 Å². The summed E-state index contributed by atoms with van der Waals surface area (Å²) in [6.45, 7) is 2.22. The number of benzene rings is 1. The number of hydrogen-bond acceptors (Lipinski definition) is 3. The number of aromatic hydroxyl groups is 1. The third-order valence-electron chi connectivity index (χ3n) is 3.97. The number of phenols is 1. The van der Waals surface area contributed by atoms with Gasteiger partial charge in [0.1, 0.15) is 5.78 Å². The monoisotopic (exact) mass is 306 g/mol. The van der Waals surface area contributed by atoms with Gasteiger partial charge >= 0.3 is 0 Å². The quantitative estimate of drug-likeness (QED) is 0.550. The van der Waals surface area contributed by atoms with Crippen LogP contribution in [0.15, 0.2) is 18.2 Å². The number of carbonyl (C=O) groups is 1. The van der Waals surface area contributed by atoms with Crippen molar-refractivity contribution < 1.29 is 14.6 Å². The molecule has 1 N–H and O–H groups in total. The number of unbranched alkanes of at least 4 members (excludes halogenated alkanes) is 5. The van der Waals surface area contributed by atoms with Gasteiger partial charge in [0.15, 0.2) is 11.5 Å². The third-order valence-corrected chi connectivity index (χ3v) is 3.97. The van der Waals surface area contributed by atoms with Crippen LogP contribution in [0, 0.1) is 0 Å². The average Bonchev–Trinajstić information content (AvgIpc) is 2.52. The molecular formula is C19H30O3. The summed E-state index contributed by atoms with van der Waals surface area (Å²) in [5.41, 5.74) is 1.10. The second-order valence-electron chi connectivity index (χ2n) is 5.92. The highest BCUT2D eigenvalue weighted by molar-refractivity contribution is 5.78. The van der Waals surface area contributed by atoms with Crippen molar-refractivity contribution >= 4 is 5.78 Å². The maximum atomic E-state index is 11.8. The Labute approximate surface area is 134 Å². The normalized spacial score (nSPS) is 10.6. The van der Waals surface area contributed by atoms with E-state index in [2.05, 4.69) is 6.92 Å². The Morgan fingerprint density at radius 3 is 2.45 bits per heavy atom. The standard InChI is InChI=1S/C19H30O3/c1-3-4-5-6-7-8-11-17(20)12-9-10-16-13-14-18(21)19(15-16)22-2/h13-15,21H,3-12H2,1-2H3. The molecule has 3 heteroatoms. The molecule has 0 aromatic heterocycles. The molecule has 22 heavy (non-hydrogen) atoms. The Morgan fingerprint density at radius 1 is 1.05 bits per heavy atom. The highest BCUT2D eigenvalue weighted by Gasteiger charge is 2.05. The molecule has 0 heterocycles. The van der Waals surface area contributed by atoms with E-state index in [4.69, 9.17) is 4.74 Å². The van der Waals surface area contributed by atoms with Crippen LogP contribution in [0.4, 0.5) is 0 Å². The van der Waals surface area contributed by atoms with E-state index in [0.29, 0.717) is 18.0 Å². The molecule has 0 aliphatic carbocycles. The van der Waals surface area contributed by atoms with Gasteiger partial charge in [-0.3, -0.25) is 4.79 Å². The molecule has 1 aromatic rings. The lowest BCUT2D eigenvalue weighted by Gasteiger charge is -2.06. The number of Topliss-reactive ketones (excluding diaryl/α,β-unsaturated/α-hetero) is 1. The SMILES string of the molecule is CCCCCCCCC(=O)CCCc1ccc(O)c(OC)c1. The molecule has 0 atom stereocenters. The van der Waals surface area contributed by atoms with E-state index in [9.17, 15) is 9.90 Å². The average molecular weight is 306 g/mol. The number of aryl methyl sites for hydroxylation is 1. The van der Waals surface area contributed by atoms with Gasteiger partial charge < -0.3 is 9.84 Å². The molecule has 0 saturated heterocycles. The molecule has 0 spiro atoms. The molecule has 3 nitrogen and oxygen atoms in total. The number of rotatable bonds is 12. The van der Waals surface area contributed by atoms with Crippen LogP contribution in [0.2, 0.25) is 0 Å². The van der Waals surface area contributed by atoms with Crippen molar-refractivity contribution in [1.29, 1.82) is 0 Å². The third kappa shape index (κ3) is 7.48. The summed E-state index contributed by atoms with van der Waals surface area (Å²) >= 11 is 0. The summed E-state index contributed by atoms with van der Waals surface area (Å²) in [5.74, 6) is 1.03. The van der Waals surface area contributed by atoms with Gasteiger partial charge in [0.05, 0.1) is 7.11 Å². The summed E-state index contributed by atoms with van der Waals surface area (Å²) in [6.07, 6.45) is 10.4. The van der Waals surface area contributed by atoms with Gasteiger partial charge in [-0.1, -0.05) is 45.1 Å². The topological polar surface area (TPSA) is 46.5 Å². The van der Waals surface area contributed by atoms with Gasteiger partial charge in [-0.05, 0) is 37.0 Å². The number of phenolic OH excluding ortho intramolecular Hbond substituents is 1. The molecule has 0 radical (unpaired) electrons. The number of methoxy groups -OCH3 is 1. The van der Waals surface area contributed by atoms with Gasteiger partial charge in [0.25, 0.3) is 0 Å². The van der Waals surface area contributed by atoms with Crippen LogP contribution in [0.25, 0.3) is 0 Å². The molecule has 0 bridgehead atoms. The highest BCUT2D eigenvalue weighted by Crippen LogP contribution is 2.26. The molecule has 1 rings (SSSR count). The van der Waals surface area contributed by atoms with Crippen LogP contribution >= 0.6 is 0 Å². The minimum absolute atomic E-state index is 0.158. The maximum absolute atomic E-state index is 11.8. The van der Waals surface area contributed by atoms with E-state index < -0.39 is 0 Å². The van der Waals surface area contributed by atoms with Crippen LogP contribution < -0.4 is 4.74 Å². The second-order valence-corrected chi connectivity index (χ2v) is 5.92. The summed E-state index contributed by atoms with van der Waals surface area (Å²) in [6, 6.07) is 5.37. The highest BCUT2D eigenvalue weighted by atomic mass is 16.5. The predicted molar refractivity (Wildman–Crippen MR) is 90.6 cm³/mol. The molecule has 124 valence electrons. The lowest BCUT2D eigenvalue weighted by molar-refractivity contribution is -0.119. The maximum Gasteiger partial charge on any atom is 0.160 e. The van der Waals surface area contributed by atoms with Gasteiger partial charge in [-0.2, -0.15) is 0 Å². The van der Waals surface area contributed by atoms with Gasteiger partial charge in [0, 0.05) is 12.8 Å². The van der Waals surface area contributed by atoms with E-state index in [1.807, 2.05) is 12.1 Å². The second kappa shape index (κ2) is 11.1. The molecule has 0 amide bonds. The molecule has 0 aliphatic heterocycles. The Balaban J connectivity index is 2.14. The van der Waals surface area contributed by atoms with Gasteiger partial charge in [-0.25, -0.2) is 0 Å². The molecule has 0 fully saturated rings. The van der Waals surface area contributed by atoms with E-state index in [1.165, 1.54) is 32.1 Å². The lowest BCUT2D eigenvalue weighted by atomic mass is 10.0. The summed E-state index contributed by atoms with van der Waals surface area (Å²) in [4.78, 5) is 11.8. The summed E-state index contributed by atoms with van der Waals surface area (Å²) < 4.78 is 5.09. The minimum atomic E-state index is 0.158. The first-order valence-corrected chi connectivity index (χ1v) is 8.55. The van der Waals surface area contributed by atoms with E-state index in [1.54, 1.807) is 13.2 Å². The zero-order valence-electron chi connectivity index (χ0n) is 14.1.